The van der Waals surface area contributed by atoms with Crippen LogP contribution in [0.15, 0.2) is 58.3 Å². The second kappa shape index (κ2) is 7.93. The van der Waals surface area contributed by atoms with Crippen molar-refractivity contribution in [3.63, 3.8) is 0 Å². The van der Waals surface area contributed by atoms with Gasteiger partial charge in [-0.3, -0.25) is 4.79 Å². The lowest BCUT2D eigenvalue weighted by Crippen LogP contribution is -2.23. The summed E-state index contributed by atoms with van der Waals surface area (Å²) >= 11 is 0. The van der Waals surface area contributed by atoms with E-state index in [2.05, 4.69) is 37.4 Å². The molecule has 4 rings (SSSR count). The highest BCUT2D eigenvalue weighted by atomic mass is 16.6. The molecule has 2 aromatic carbocycles. The Morgan fingerprint density at radius 2 is 2.00 bits per heavy atom. The summed E-state index contributed by atoms with van der Waals surface area (Å²) in [6.45, 7) is 2.08. The first-order chi connectivity index (χ1) is 14.2. The van der Waals surface area contributed by atoms with Gasteiger partial charge in [0.1, 0.15) is 6.54 Å². The zero-order chi connectivity index (χ0) is 20.2. The molecule has 0 aliphatic heterocycles. The van der Waals surface area contributed by atoms with Crippen LogP contribution in [0.3, 0.4) is 0 Å². The zero-order valence-corrected chi connectivity index (χ0v) is 15.7. The first-order valence-corrected chi connectivity index (χ1v) is 9.10. The standard InChI is InChI=1S/C20H19N7O2/c1-2-13-7-9-14(10-8-13)11-22-24-17(28)12-27-16-6-4-3-5-15(16)23-20(27)18-19(21)26-29-25-18/h3-11H,2,12H2,1H3,(H2,21,26)(H,24,28)/b22-11-. The van der Waals surface area contributed by atoms with Crippen molar-refractivity contribution < 1.29 is 9.42 Å². The monoisotopic (exact) mass is 389 g/mol. The van der Waals surface area contributed by atoms with E-state index >= 15 is 0 Å². The van der Waals surface area contributed by atoms with E-state index < -0.39 is 0 Å². The molecule has 0 radical (unpaired) electrons. The number of hydrogen-bond donors (Lipinski definition) is 2. The first kappa shape index (κ1) is 18.4. The molecular weight excluding hydrogens is 370 g/mol. The smallest absolute Gasteiger partial charge is 0.260 e. The highest BCUT2D eigenvalue weighted by Gasteiger charge is 2.20. The number of anilines is 1. The number of para-hydroxylation sites is 2. The topological polar surface area (TPSA) is 124 Å². The van der Waals surface area contributed by atoms with E-state index in [-0.39, 0.29) is 24.0 Å². The molecule has 0 saturated heterocycles. The summed E-state index contributed by atoms with van der Waals surface area (Å²) in [7, 11) is 0. The highest BCUT2D eigenvalue weighted by Crippen LogP contribution is 2.26. The summed E-state index contributed by atoms with van der Waals surface area (Å²) < 4.78 is 6.38. The van der Waals surface area contributed by atoms with Crippen LogP contribution in [0.5, 0.6) is 0 Å². The lowest BCUT2D eigenvalue weighted by Gasteiger charge is -2.06. The molecule has 9 heteroatoms. The lowest BCUT2D eigenvalue weighted by molar-refractivity contribution is -0.121. The first-order valence-electron chi connectivity index (χ1n) is 9.10. The number of hydrazone groups is 1. The molecule has 1 amide bonds. The minimum Gasteiger partial charge on any atom is -0.379 e. The van der Waals surface area contributed by atoms with Gasteiger partial charge in [-0.15, -0.1) is 0 Å². The molecule has 9 nitrogen and oxygen atoms in total. The van der Waals surface area contributed by atoms with Gasteiger partial charge in [-0.05, 0) is 40.0 Å². The van der Waals surface area contributed by atoms with Gasteiger partial charge in [0.05, 0.1) is 17.2 Å². The number of carbonyl (C=O) groups excluding carboxylic acids is 1. The molecule has 4 aromatic rings. The van der Waals surface area contributed by atoms with Crippen LogP contribution in [0.4, 0.5) is 5.82 Å². The third kappa shape index (κ3) is 3.84. The number of aromatic nitrogens is 4. The van der Waals surface area contributed by atoms with E-state index in [1.54, 1.807) is 10.8 Å². The van der Waals surface area contributed by atoms with Crippen molar-refractivity contribution in [2.45, 2.75) is 19.9 Å². The minimum absolute atomic E-state index is 0.0196. The number of nitrogens with one attached hydrogen (secondary N) is 1. The average molecular weight is 389 g/mol. The molecule has 2 heterocycles. The van der Waals surface area contributed by atoms with Crippen molar-refractivity contribution in [2.75, 3.05) is 5.73 Å². The van der Waals surface area contributed by atoms with Crippen LogP contribution in [0.25, 0.3) is 22.6 Å². The molecule has 0 aliphatic carbocycles. The fraction of sp³-hybridized carbons (Fsp3) is 0.150. The number of hydrogen-bond acceptors (Lipinski definition) is 7. The normalized spacial score (nSPS) is 11.3. The number of amides is 1. The molecule has 0 spiro atoms. The van der Waals surface area contributed by atoms with Crippen LogP contribution in [-0.2, 0) is 17.8 Å². The third-order valence-electron chi connectivity index (χ3n) is 4.47. The van der Waals surface area contributed by atoms with Gasteiger partial charge in [0.2, 0.25) is 0 Å². The van der Waals surface area contributed by atoms with Gasteiger partial charge >= 0.3 is 0 Å². The number of benzene rings is 2. The summed E-state index contributed by atoms with van der Waals surface area (Å²) in [6, 6.07) is 15.4. The molecule has 0 saturated carbocycles. The molecule has 0 bridgehead atoms. The molecule has 0 fully saturated rings. The maximum absolute atomic E-state index is 12.5. The number of aryl methyl sites for hydroxylation is 1. The minimum atomic E-state index is -0.314. The van der Waals surface area contributed by atoms with Crippen LogP contribution in [-0.4, -0.2) is 32.0 Å². The second-order valence-corrected chi connectivity index (χ2v) is 6.40. The molecule has 3 N–H and O–H groups in total. The zero-order valence-electron chi connectivity index (χ0n) is 15.7. The number of nitrogen functional groups attached to an aromatic ring is 1. The second-order valence-electron chi connectivity index (χ2n) is 6.40. The van der Waals surface area contributed by atoms with Crippen LogP contribution in [0, 0.1) is 0 Å². The van der Waals surface area contributed by atoms with Gasteiger partial charge in [-0.25, -0.2) is 15.0 Å². The number of fused-ring (bicyclic) bond motifs is 1. The fourth-order valence-corrected chi connectivity index (χ4v) is 2.96. The largest absolute Gasteiger partial charge is 0.379 e. The van der Waals surface area contributed by atoms with Gasteiger partial charge in [0.25, 0.3) is 5.91 Å². The number of imidazole rings is 1. The van der Waals surface area contributed by atoms with Crippen molar-refractivity contribution in [1.82, 2.24) is 25.3 Å². The Morgan fingerprint density at radius 1 is 1.21 bits per heavy atom. The van der Waals surface area contributed by atoms with Crippen LogP contribution >= 0.6 is 0 Å². The van der Waals surface area contributed by atoms with E-state index in [1.807, 2.05) is 48.5 Å². The van der Waals surface area contributed by atoms with E-state index in [0.717, 1.165) is 17.5 Å². The SMILES string of the molecule is CCc1ccc(/C=N\NC(=O)Cn2c(-c3nonc3N)nc3ccccc32)cc1. The van der Waals surface area contributed by atoms with Gasteiger partial charge in [0.15, 0.2) is 17.3 Å². The molecule has 2 aromatic heterocycles. The Bertz CT molecular complexity index is 1180. The van der Waals surface area contributed by atoms with Gasteiger partial charge in [0, 0.05) is 0 Å². The Balaban J connectivity index is 1.54. The summed E-state index contributed by atoms with van der Waals surface area (Å²) in [5.74, 6) is 0.195. The predicted octanol–water partition coefficient (Wildman–Crippen LogP) is 2.38. The molecule has 0 unspecified atom stereocenters. The summed E-state index contributed by atoms with van der Waals surface area (Å²) in [6.07, 6.45) is 2.57. The molecule has 146 valence electrons. The van der Waals surface area contributed by atoms with Crippen molar-refractivity contribution >= 4 is 29.0 Å². The molecular formula is C20H19N7O2. The predicted molar refractivity (Wildman–Crippen MR) is 109 cm³/mol. The van der Waals surface area contributed by atoms with Crippen molar-refractivity contribution in [2.24, 2.45) is 5.10 Å². The van der Waals surface area contributed by atoms with E-state index in [4.69, 9.17) is 5.73 Å². The van der Waals surface area contributed by atoms with Crippen molar-refractivity contribution in [3.05, 3.63) is 59.7 Å². The van der Waals surface area contributed by atoms with E-state index in [0.29, 0.717) is 11.3 Å². The van der Waals surface area contributed by atoms with Crippen molar-refractivity contribution in [1.29, 1.82) is 0 Å². The Labute approximate surface area is 166 Å². The number of nitrogens with two attached hydrogens (primary N) is 1. The van der Waals surface area contributed by atoms with E-state index in [9.17, 15) is 4.79 Å². The Kier molecular flexibility index (Phi) is 5.02. The number of nitrogens with zero attached hydrogens (tertiary/aromatic N) is 5. The maximum Gasteiger partial charge on any atom is 0.260 e. The lowest BCUT2D eigenvalue weighted by atomic mass is 10.1. The van der Waals surface area contributed by atoms with Crippen LogP contribution in [0.2, 0.25) is 0 Å². The van der Waals surface area contributed by atoms with Crippen LogP contribution in [0.1, 0.15) is 18.1 Å². The molecule has 0 aliphatic rings. The average Bonchev–Trinajstić information content (AvgIpc) is 3.32. The fourth-order valence-electron chi connectivity index (χ4n) is 2.96. The molecule has 29 heavy (non-hydrogen) atoms. The van der Waals surface area contributed by atoms with Gasteiger partial charge in [-0.1, -0.05) is 43.3 Å². The summed E-state index contributed by atoms with van der Waals surface area (Å²) in [5, 5.41) is 11.4. The number of rotatable bonds is 6. The molecule has 0 atom stereocenters. The summed E-state index contributed by atoms with van der Waals surface area (Å²) in [5.41, 5.74) is 12.3. The maximum atomic E-state index is 12.5. The summed E-state index contributed by atoms with van der Waals surface area (Å²) in [4.78, 5) is 17.0. The van der Waals surface area contributed by atoms with Crippen molar-refractivity contribution in [3.8, 4) is 11.5 Å². The van der Waals surface area contributed by atoms with Crippen LogP contribution < -0.4 is 11.2 Å². The number of carbonyl (C=O) groups is 1. The van der Waals surface area contributed by atoms with Gasteiger partial charge < -0.3 is 10.3 Å². The highest BCUT2D eigenvalue weighted by molar-refractivity contribution is 5.86. The third-order valence-corrected chi connectivity index (χ3v) is 4.47. The Hall–Kier alpha value is -4.01. The quantitative estimate of drug-likeness (QED) is 0.385. The Morgan fingerprint density at radius 3 is 2.72 bits per heavy atom. The van der Waals surface area contributed by atoms with E-state index in [1.165, 1.54) is 5.56 Å². The van der Waals surface area contributed by atoms with Gasteiger partial charge in [-0.2, -0.15) is 5.10 Å².